The molecule has 1 heterocycles. The average Bonchev–Trinajstić information content (AvgIpc) is 2.11. The van der Waals surface area contributed by atoms with E-state index in [-0.39, 0.29) is 5.75 Å². The minimum Gasteiger partial charge on any atom is -0.406 e. The van der Waals surface area contributed by atoms with Gasteiger partial charge in [-0.2, -0.15) is 0 Å². The number of anilines is 1. The summed E-state index contributed by atoms with van der Waals surface area (Å²) >= 11 is 0. The fourth-order valence-corrected chi connectivity index (χ4v) is 1.38. The fourth-order valence-electron chi connectivity index (χ4n) is 1.38. The van der Waals surface area contributed by atoms with Gasteiger partial charge in [0.25, 0.3) is 0 Å². The molecule has 0 aliphatic carbocycles. The van der Waals surface area contributed by atoms with E-state index in [0.717, 1.165) is 18.8 Å². The molecule has 0 bridgehead atoms. The van der Waals surface area contributed by atoms with Gasteiger partial charge in [0.2, 0.25) is 0 Å². The van der Waals surface area contributed by atoms with Crippen LogP contribution in [0.25, 0.3) is 0 Å². The zero-order chi connectivity index (χ0) is 11.6. The number of halogens is 3. The highest BCUT2D eigenvalue weighted by Crippen LogP contribution is 2.24. The van der Waals surface area contributed by atoms with Crippen LogP contribution in [0.15, 0.2) is 24.3 Å². The lowest BCUT2D eigenvalue weighted by molar-refractivity contribution is -0.274. The monoisotopic (exact) mass is 232 g/mol. The van der Waals surface area contributed by atoms with Crippen molar-refractivity contribution in [2.75, 3.05) is 18.4 Å². The van der Waals surface area contributed by atoms with Crippen LogP contribution >= 0.6 is 0 Å². The highest BCUT2D eigenvalue weighted by Gasteiger charge is 2.30. The van der Waals surface area contributed by atoms with E-state index in [9.17, 15) is 13.2 Å². The first kappa shape index (κ1) is 11.1. The molecular weight excluding hydrogens is 221 g/mol. The number of ether oxygens (including phenoxy) is 1. The Balaban J connectivity index is 1.93. The van der Waals surface area contributed by atoms with Crippen molar-refractivity contribution in [2.45, 2.75) is 12.4 Å². The van der Waals surface area contributed by atoms with Crippen LogP contribution in [0.1, 0.15) is 0 Å². The maximum Gasteiger partial charge on any atom is 0.573 e. The maximum atomic E-state index is 11.9. The molecule has 1 aliphatic rings. The Labute approximate surface area is 90.6 Å². The molecule has 0 atom stereocenters. The van der Waals surface area contributed by atoms with Gasteiger partial charge in [-0.1, -0.05) is 0 Å². The molecule has 2 rings (SSSR count). The largest absolute Gasteiger partial charge is 0.573 e. The molecule has 1 aromatic carbocycles. The summed E-state index contributed by atoms with van der Waals surface area (Å²) in [5.41, 5.74) is 0.793. The van der Waals surface area contributed by atoms with E-state index in [2.05, 4.69) is 15.4 Å². The molecule has 0 aromatic heterocycles. The first-order valence-corrected chi connectivity index (χ1v) is 4.86. The van der Waals surface area contributed by atoms with Gasteiger partial charge in [0.15, 0.2) is 0 Å². The molecule has 0 amide bonds. The summed E-state index contributed by atoms with van der Waals surface area (Å²) in [5.74, 6) is -0.204. The molecule has 1 saturated heterocycles. The molecule has 6 heteroatoms. The number of hydrogen-bond donors (Lipinski definition) is 2. The van der Waals surface area contributed by atoms with Crippen molar-refractivity contribution >= 4 is 5.69 Å². The van der Waals surface area contributed by atoms with Gasteiger partial charge in [-0.25, -0.2) is 0 Å². The van der Waals surface area contributed by atoms with Gasteiger partial charge in [-0.3, -0.25) is 0 Å². The van der Waals surface area contributed by atoms with Crippen LogP contribution in [0.5, 0.6) is 5.75 Å². The predicted molar refractivity (Wildman–Crippen MR) is 53.4 cm³/mol. The molecule has 88 valence electrons. The highest BCUT2D eigenvalue weighted by molar-refractivity contribution is 5.47. The van der Waals surface area contributed by atoms with Crippen LogP contribution in [0.4, 0.5) is 18.9 Å². The summed E-state index contributed by atoms with van der Waals surface area (Å²) in [6.07, 6.45) is -4.63. The molecule has 0 spiro atoms. The Morgan fingerprint density at radius 2 is 1.81 bits per heavy atom. The zero-order valence-corrected chi connectivity index (χ0v) is 8.34. The standard InChI is InChI=1S/C10H11F3N2O/c11-10(12,13)16-9-3-1-7(2-4-9)15-8-5-14-6-8/h1-4,8,14-15H,5-6H2. The molecule has 3 nitrogen and oxygen atoms in total. The number of nitrogens with one attached hydrogen (secondary N) is 2. The quantitative estimate of drug-likeness (QED) is 0.835. The topological polar surface area (TPSA) is 33.3 Å². The second-order valence-electron chi connectivity index (χ2n) is 3.57. The molecular formula is C10H11F3N2O. The van der Waals surface area contributed by atoms with E-state index in [4.69, 9.17) is 0 Å². The summed E-state index contributed by atoms with van der Waals surface area (Å²) in [4.78, 5) is 0. The SMILES string of the molecule is FC(F)(F)Oc1ccc(NC2CNC2)cc1. The lowest BCUT2D eigenvalue weighted by atomic mass is 10.1. The van der Waals surface area contributed by atoms with E-state index in [1.807, 2.05) is 0 Å². The molecule has 2 N–H and O–H groups in total. The van der Waals surface area contributed by atoms with Gasteiger partial charge in [-0.15, -0.1) is 13.2 Å². The smallest absolute Gasteiger partial charge is 0.406 e. The molecule has 0 unspecified atom stereocenters. The summed E-state index contributed by atoms with van der Waals surface area (Å²) in [6.45, 7) is 1.75. The minimum absolute atomic E-state index is 0.204. The van der Waals surface area contributed by atoms with E-state index in [0.29, 0.717) is 6.04 Å². The summed E-state index contributed by atoms with van der Waals surface area (Å²) in [7, 11) is 0. The molecule has 1 fully saturated rings. The van der Waals surface area contributed by atoms with Crippen molar-refractivity contribution in [3.05, 3.63) is 24.3 Å². The molecule has 0 radical (unpaired) electrons. The van der Waals surface area contributed by atoms with Crippen LogP contribution in [0, 0.1) is 0 Å². The van der Waals surface area contributed by atoms with Crippen LogP contribution < -0.4 is 15.4 Å². The van der Waals surface area contributed by atoms with Gasteiger partial charge in [0.1, 0.15) is 5.75 Å². The third-order valence-electron chi connectivity index (χ3n) is 2.24. The predicted octanol–water partition coefficient (Wildman–Crippen LogP) is 1.97. The first-order valence-electron chi connectivity index (χ1n) is 4.86. The van der Waals surface area contributed by atoms with E-state index in [1.54, 1.807) is 12.1 Å². The second-order valence-corrected chi connectivity index (χ2v) is 3.57. The Morgan fingerprint density at radius 3 is 2.25 bits per heavy atom. The van der Waals surface area contributed by atoms with Crippen molar-refractivity contribution in [3.8, 4) is 5.75 Å². The van der Waals surface area contributed by atoms with Crippen molar-refractivity contribution in [1.29, 1.82) is 0 Å². The van der Waals surface area contributed by atoms with Crippen LogP contribution in [0.2, 0.25) is 0 Å². The lowest BCUT2D eigenvalue weighted by Gasteiger charge is -2.29. The Bertz CT molecular complexity index is 346. The lowest BCUT2D eigenvalue weighted by Crippen LogP contribution is -2.51. The van der Waals surface area contributed by atoms with Gasteiger partial charge in [0.05, 0.1) is 6.04 Å². The van der Waals surface area contributed by atoms with Crippen molar-refractivity contribution in [1.82, 2.24) is 5.32 Å². The summed E-state index contributed by atoms with van der Waals surface area (Å²) in [6, 6.07) is 6.08. The second kappa shape index (κ2) is 4.21. The third-order valence-corrected chi connectivity index (χ3v) is 2.24. The number of hydrogen-bond acceptors (Lipinski definition) is 3. The van der Waals surface area contributed by atoms with Gasteiger partial charge >= 0.3 is 6.36 Å². The van der Waals surface area contributed by atoms with Gasteiger partial charge in [-0.05, 0) is 24.3 Å². The highest BCUT2D eigenvalue weighted by atomic mass is 19.4. The third kappa shape index (κ3) is 3.03. The number of benzene rings is 1. The Kier molecular flexibility index (Phi) is 2.91. The van der Waals surface area contributed by atoms with E-state index < -0.39 is 6.36 Å². The summed E-state index contributed by atoms with van der Waals surface area (Å²) < 4.78 is 39.4. The minimum atomic E-state index is -4.63. The maximum absolute atomic E-state index is 11.9. The normalized spacial score (nSPS) is 16.7. The fraction of sp³-hybridized carbons (Fsp3) is 0.400. The first-order chi connectivity index (χ1) is 7.53. The Hall–Kier alpha value is -1.43. The number of alkyl halides is 3. The van der Waals surface area contributed by atoms with E-state index in [1.165, 1.54) is 12.1 Å². The van der Waals surface area contributed by atoms with Crippen molar-refractivity contribution in [3.63, 3.8) is 0 Å². The zero-order valence-electron chi connectivity index (χ0n) is 8.34. The molecule has 0 saturated carbocycles. The van der Waals surface area contributed by atoms with E-state index >= 15 is 0 Å². The molecule has 1 aliphatic heterocycles. The molecule has 16 heavy (non-hydrogen) atoms. The Morgan fingerprint density at radius 1 is 1.19 bits per heavy atom. The molecule has 1 aromatic rings. The number of rotatable bonds is 3. The van der Waals surface area contributed by atoms with Gasteiger partial charge in [0, 0.05) is 18.8 Å². The van der Waals surface area contributed by atoms with Crippen molar-refractivity contribution in [2.24, 2.45) is 0 Å². The average molecular weight is 232 g/mol. The van der Waals surface area contributed by atoms with Crippen molar-refractivity contribution < 1.29 is 17.9 Å². The van der Waals surface area contributed by atoms with Gasteiger partial charge < -0.3 is 15.4 Å². The summed E-state index contributed by atoms with van der Waals surface area (Å²) in [5, 5.41) is 6.26. The van der Waals surface area contributed by atoms with Crippen LogP contribution in [0.3, 0.4) is 0 Å². The van der Waals surface area contributed by atoms with Crippen LogP contribution in [-0.2, 0) is 0 Å². The van der Waals surface area contributed by atoms with Crippen LogP contribution in [-0.4, -0.2) is 25.5 Å².